The first-order valence-corrected chi connectivity index (χ1v) is 10.1. The highest BCUT2D eigenvalue weighted by atomic mass is 32.2. The van der Waals surface area contributed by atoms with Crippen LogP contribution in [0.1, 0.15) is 35.8 Å². The van der Waals surface area contributed by atoms with Crippen molar-refractivity contribution in [2.45, 2.75) is 32.6 Å². The molecule has 1 atom stereocenters. The number of rotatable bonds is 4. The molecule has 0 unspecified atom stereocenters. The van der Waals surface area contributed by atoms with Crippen molar-refractivity contribution in [2.24, 2.45) is 7.05 Å². The predicted molar refractivity (Wildman–Crippen MR) is 99.9 cm³/mol. The maximum Gasteiger partial charge on any atom is 0.281 e. The van der Waals surface area contributed by atoms with Gasteiger partial charge in [0.05, 0.1) is 23.3 Å². The maximum atomic E-state index is 12.4. The van der Waals surface area contributed by atoms with Crippen LogP contribution in [-0.4, -0.2) is 64.0 Å². The molecule has 0 bridgehead atoms. The van der Waals surface area contributed by atoms with Crippen molar-refractivity contribution in [1.29, 1.82) is 0 Å². The Balaban J connectivity index is 1.82. The number of hydrogen-bond acceptors (Lipinski definition) is 5. The topological polar surface area (TPSA) is 84.2 Å². The quantitative estimate of drug-likeness (QED) is 0.805. The van der Waals surface area contributed by atoms with E-state index in [2.05, 4.69) is 15.1 Å². The molecule has 26 heavy (non-hydrogen) atoms. The molecule has 1 aliphatic rings. The molecule has 3 rings (SSSR count). The second-order valence-corrected chi connectivity index (χ2v) is 9.13. The zero-order valence-electron chi connectivity index (χ0n) is 16.0. The van der Waals surface area contributed by atoms with Crippen LogP contribution in [0, 0.1) is 13.8 Å². The summed E-state index contributed by atoms with van der Waals surface area (Å²) < 4.78 is 29.4. The first-order chi connectivity index (χ1) is 12.2. The van der Waals surface area contributed by atoms with E-state index in [1.54, 1.807) is 26.5 Å². The fourth-order valence-corrected chi connectivity index (χ4v) is 4.64. The van der Waals surface area contributed by atoms with Crippen LogP contribution >= 0.6 is 0 Å². The average molecular weight is 379 g/mol. The van der Waals surface area contributed by atoms with E-state index in [1.807, 2.05) is 25.6 Å². The molecule has 1 aliphatic heterocycles. The lowest BCUT2D eigenvalue weighted by Crippen LogP contribution is -2.45. The summed E-state index contributed by atoms with van der Waals surface area (Å²) >= 11 is 0. The standard InChI is InChI=1S/C17H26N6O2S/c1-12-17(13(2)22(5)20-12)16-10-18-15(9-19-16)14-7-6-8-23(11-14)26(24,25)21(3)4/h9-10,14H,6-8,11H2,1-5H3/t14-/m1/s1. The number of aryl methyl sites for hydroxylation is 2. The van der Waals surface area contributed by atoms with Gasteiger partial charge in [0.2, 0.25) is 0 Å². The SMILES string of the molecule is Cc1nn(C)c(C)c1-c1cnc([C@@H]2CCCN(S(=O)(=O)N(C)C)C2)cn1. The Morgan fingerprint density at radius 3 is 2.46 bits per heavy atom. The van der Waals surface area contributed by atoms with Crippen molar-refractivity contribution in [3.8, 4) is 11.3 Å². The van der Waals surface area contributed by atoms with E-state index >= 15 is 0 Å². The van der Waals surface area contributed by atoms with Crippen LogP contribution in [0.15, 0.2) is 12.4 Å². The number of piperidine rings is 1. The van der Waals surface area contributed by atoms with Crippen molar-refractivity contribution in [3.63, 3.8) is 0 Å². The largest absolute Gasteiger partial charge is 0.281 e. The zero-order valence-corrected chi connectivity index (χ0v) is 16.8. The monoisotopic (exact) mass is 378 g/mol. The van der Waals surface area contributed by atoms with Crippen LogP contribution in [-0.2, 0) is 17.3 Å². The molecule has 0 aromatic carbocycles. The Hall–Kier alpha value is -1.84. The van der Waals surface area contributed by atoms with Gasteiger partial charge in [-0.05, 0) is 26.7 Å². The fraction of sp³-hybridized carbons (Fsp3) is 0.588. The van der Waals surface area contributed by atoms with E-state index in [0.717, 1.165) is 41.2 Å². The number of aromatic nitrogens is 4. The third-order valence-electron chi connectivity index (χ3n) is 5.03. The van der Waals surface area contributed by atoms with Crippen LogP contribution in [0.5, 0.6) is 0 Å². The molecule has 2 aromatic rings. The van der Waals surface area contributed by atoms with Gasteiger partial charge in [0.1, 0.15) is 0 Å². The van der Waals surface area contributed by atoms with Gasteiger partial charge in [-0.15, -0.1) is 0 Å². The van der Waals surface area contributed by atoms with Crippen LogP contribution in [0.2, 0.25) is 0 Å². The lowest BCUT2D eigenvalue weighted by molar-refractivity contribution is 0.296. The van der Waals surface area contributed by atoms with Crippen LogP contribution in [0.3, 0.4) is 0 Å². The second-order valence-electron chi connectivity index (χ2n) is 6.98. The summed E-state index contributed by atoms with van der Waals surface area (Å²) in [5, 5.41) is 4.42. The third-order valence-corrected chi connectivity index (χ3v) is 6.93. The van der Waals surface area contributed by atoms with Gasteiger partial charge >= 0.3 is 0 Å². The molecule has 0 spiro atoms. The molecule has 8 nitrogen and oxygen atoms in total. The Labute approximate surface area is 155 Å². The average Bonchev–Trinajstić information content (AvgIpc) is 2.87. The lowest BCUT2D eigenvalue weighted by Gasteiger charge is -2.33. The summed E-state index contributed by atoms with van der Waals surface area (Å²) in [6, 6.07) is 0. The van der Waals surface area contributed by atoms with E-state index in [4.69, 9.17) is 0 Å². The molecule has 0 amide bonds. The van der Waals surface area contributed by atoms with Crippen molar-refractivity contribution in [1.82, 2.24) is 28.4 Å². The molecule has 0 aliphatic carbocycles. The molecular formula is C17H26N6O2S. The Morgan fingerprint density at radius 1 is 1.19 bits per heavy atom. The summed E-state index contributed by atoms with van der Waals surface area (Å²) in [5.41, 5.74) is 4.61. The Kier molecular flexibility index (Phi) is 5.14. The minimum atomic E-state index is -3.39. The minimum Gasteiger partial charge on any atom is -0.272 e. The van der Waals surface area contributed by atoms with E-state index < -0.39 is 10.2 Å². The smallest absolute Gasteiger partial charge is 0.272 e. The van der Waals surface area contributed by atoms with Crippen molar-refractivity contribution in [3.05, 3.63) is 29.5 Å². The summed E-state index contributed by atoms with van der Waals surface area (Å²) in [7, 11) is 1.64. The zero-order chi connectivity index (χ0) is 19.1. The maximum absolute atomic E-state index is 12.4. The van der Waals surface area contributed by atoms with Gasteiger partial charge in [-0.2, -0.15) is 22.1 Å². The highest BCUT2D eigenvalue weighted by Crippen LogP contribution is 2.29. The molecule has 0 saturated carbocycles. The van der Waals surface area contributed by atoms with E-state index in [9.17, 15) is 8.42 Å². The second kappa shape index (κ2) is 7.05. The molecule has 1 fully saturated rings. The van der Waals surface area contributed by atoms with Crippen molar-refractivity contribution in [2.75, 3.05) is 27.2 Å². The molecule has 142 valence electrons. The minimum absolute atomic E-state index is 0.0658. The summed E-state index contributed by atoms with van der Waals surface area (Å²) in [6.45, 7) is 4.97. The van der Waals surface area contributed by atoms with Crippen LogP contribution in [0.4, 0.5) is 0 Å². The third kappa shape index (κ3) is 3.38. The summed E-state index contributed by atoms with van der Waals surface area (Å²) in [5.74, 6) is 0.0658. The van der Waals surface area contributed by atoms with Gasteiger partial charge in [-0.1, -0.05) is 0 Å². The Bertz CT molecular complexity index is 889. The van der Waals surface area contributed by atoms with E-state index in [-0.39, 0.29) is 5.92 Å². The van der Waals surface area contributed by atoms with Crippen molar-refractivity contribution < 1.29 is 8.42 Å². The van der Waals surface area contributed by atoms with E-state index in [1.165, 1.54) is 8.61 Å². The van der Waals surface area contributed by atoms with Crippen LogP contribution < -0.4 is 0 Å². The molecule has 0 radical (unpaired) electrons. The number of nitrogens with zero attached hydrogens (tertiary/aromatic N) is 6. The van der Waals surface area contributed by atoms with Crippen LogP contribution in [0.25, 0.3) is 11.3 Å². The molecule has 2 aromatic heterocycles. The summed E-state index contributed by atoms with van der Waals surface area (Å²) in [6.07, 6.45) is 5.28. The predicted octanol–water partition coefficient (Wildman–Crippen LogP) is 1.48. The molecular weight excluding hydrogens is 352 g/mol. The summed E-state index contributed by atoms with van der Waals surface area (Å²) in [4.78, 5) is 9.18. The highest BCUT2D eigenvalue weighted by molar-refractivity contribution is 7.86. The lowest BCUT2D eigenvalue weighted by atomic mass is 9.96. The first kappa shape index (κ1) is 18.9. The van der Waals surface area contributed by atoms with Gasteiger partial charge in [-0.25, -0.2) is 0 Å². The molecule has 9 heteroatoms. The Morgan fingerprint density at radius 2 is 1.92 bits per heavy atom. The van der Waals surface area contributed by atoms with E-state index in [0.29, 0.717) is 13.1 Å². The molecule has 0 N–H and O–H groups in total. The van der Waals surface area contributed by atoms with Gasteiger partial charge in [0.15, 0.2) is 0 Å². The number of hydrogen-bond donors (Lipinski definition) is 0. The highest BCUT2D eigenvalue weighted by Gasteiger charge is 2.31. The van der Waals surface area contributed by atoms with Gasteiger partial charge in [0, 0.05) is 57.6 Å². The first-order valence-electron chi connectivity index (χ1n) is 8.72. The molecule has 1 saturated heterocycles. The fourth-order valence-electron chi connectivity index (χ4n) is 3.45. The van der Waals surface area contributed by atoms with Gasteiger partial charge < -0.3 is 0 Å². The van der Waals surface area contributed by atoms with Gasteiger partial charge in [0.25, 0.3) is 10.2 Å². The van der Waals surface area contributed by atoms with Gasteiger partial charge in [-0.3, -0.25) is 14.6 Å². The molecule has 3 heterocycles. The van der Waals surface area contributed by atoms with Crippen molar-refractivity contribution >= 4 is 10.2 Å². The normalized spacial score (nSPS) is 19.2.